The SMILES string of the molecule is CC.CC.CC.CC.CC.CC.CC.CC.CC.CC(C)C1CCNC1.CC(C)C1COCO1.CC(C)C1COCO1.CC(C)C1CSCS1.CC(C)C1NCCO1.CC(C)C1NCCS1.CC(C)C1OCCO1.CC(C)C1OCCS1.CC(C)C1SCCS1. The summed E-state index contributed by atoms with van der Waals surface area (Å²) in [4.78, 5) is 0. The lowest BCUT2D eigenvalue weighted by atomic mass is 9.96. The molecule has 0 spiro atoms. The number of ether oxygens (including phenoxy) is 8. The molecule has 9 aliphatic rings. The summed E-state index contributed by atoms with van der Waals surface area (Å²) in [6.07, 6.45) is 2.45. The van der Waals surface area contributed by atoms with Crippen molar-refractivity contribution in [3.8, 4) is 0 Å². The van der Waals surface area contributed by atoms with Crippen LogP contribution < -0.4 is 16.0 Å². The van der Waals surface area contributed by atoms with Crippen LogP contribution in [0.1, 0.15) is 256 Å². The third-order valence-corrected chi connectivity index (χ3v) is 22.3. The highest BCUT2D eigenvalue weighted by molar-refractivity contribution is 8.20. The van der Waals surface area contributed by atoms with Crippen molar-refractivity contribution in [2.75, 3.05) is 113 Å². The molecule has 0 bridgehead atoms. The highest BCUT2D eigenvalue weighted by Gasteiger charge is 2.23. The Morgan fingerprint density at radius 1 is 0.367 bits per heavy atom. The van der Waals surface area contributed by atoms with Crippen molar-refractivity contribution < 1.29 is 37.9 Å². The Bertz CT molecular complexity index is 899. The second kappa shape index (κ2) is 86.7. The molecule has 0 aromatic heterocycles. The zero-order valence-corrected chi connectivity index (χ0v) is 71.9. The van der Waals surface area contributed by atoms with E-state index in [1.54, 1.807) is 0 Å². The average molecular weight is 1410 g/mol. The molecule has 9 fully saturated rings. The number of hydrogen-bond acceptors (Lipinski definition) is 17. The third kappa shape index (κ3) is 69.6. The highest BCUT2D eigenvalue weighted by atomic mass is 32.2. The zero-order valence-electron chi connectivity index (χ0n) is 67.0. The zero-order chi connectivity index (χ0) is 71.8. The molecule has 7 unspecified atom stereocenters. The van der Waals surface area contributed by atoms with E-state index in [0.717, 1.165) is 91.0 Å². The van der Waals surface area contributed by atoms with Crippen LogP contribution >= 0.6 is 70.6 Å². The smallest absolute Gasteiger partial charge is 0.160 e. The van der Waals surface area contributed by atoms with Gasteiger partial charge in [-0.3, -0.25) is 5.32 Å². The van der Waals surface area contributed by atoms with Crippen LogP contribution in [0.25, 0.3) is 0 Å². The molecule has 9 saturated heterocycles. The summed E-state index contributed by atoms with van der Waals surface area (Å²) in [5.41, 5.74) is 0.481. The fraction of sp³-hybridized carbons (Fsp3) is 1.00. The van der Waals surface area contributed by atoms with Crippen molar-refractivity contribution in [2.45, 2.75) is 301 Å². The van der Waals surface area contributed by atoms with E-state index in [0.29, 0.717) is 67.0 Å². The maximum Gasteiger partial charge on any atom is 0.160 e. The van der Waals surface area contributed by atoms with Gasteiger partial charge in [0.25, 0.3) is 0 Å². The van der Waals surface area contributed by atoms with Crippen LogP contribution in [0, 0.1) is 59.2 Å². The molecular formula is C73H167N3O8S6. The Labute approximate surface area is 593 Å². The molecular weight excluding hydrogens is 1240 g/mol. The Hall–Kier alpha value is 1.66. The molecule has 17 heteroatoms. The molecule has 0 aromatic carbocycles. The minimum absolute atomic E-state index is 0.0648. The molecule has 558 valence electrons. The molecule has 0 aromatic rings. The van der Waals surface area contributed by atoms with E-state index in [1.807, 2.05) is 148 Å². The van der Waals surface area contributed by atoms with Crippen molar-refractivity contribution >= 4 is 70.6 Å². The van der Waals surface area contributed by atoms with Crippen molar-refractivity contribution in [1.82, 2.24) is 16.0 Å². The van der Waals surface area contributed by atoms with Gasteiger partial charge in [0.2, 0.25) is 0 Å². The van der Waals surface area contributed by atoms with Crippen LogP contribution in [-0.4, -0.2) is 159 Å². The normalized spacial score (nSPS) is 23.1. The van der Waals surface area contributed by atoms with Crippen molar-refractivity contribution in [3.63, 3.8) is 0 Å². The second-order valence-electron chi connectivity index (χ2n) is 22.4. The number of hydrogen-bond donors (Lipinski definition) is 3. The lowest BCUT2D eigenvalue weighted by Gasteiger charge is -2.12. The van der Waals surface area contributed by atoms with Gasteiger partial charge in [-0.15, -0.1) is 70.6 Å². The van der Waals surface area contributed by atoms with Crippen LogP contribution in [0.5, 0.6) is 0 Å². The molecule has 90 heavy (non-hydrogen) atoms. The first-order valence-corrected chi connectivity index (χ1v) is 43.3. The Morgan fingerprint density at radius 2 is 0.856 bits per heavy atom. The van der Waals surface area contributed by atoms with E-state index in [2.05, 4.69) is 188 Å². The second-order valence-corrected chi connectivity index (χ2v) is 30.2. The van der Waals surface area contributed by atoms with Crippen LogP contribution in [0.15, 0.2) is 0 Å². The Morgan fingerprint density at radius 3 is 1.03 bits per heavy atom. The van der Waals surface area contributed by atoms with Gasteiger partial charge < -0.3 is 48.5 Å². The molecule has 0 radical (unpaired) electrons. The van der Waals surface area contributed by atoms with Crippen molar-refractivity contribution in [3.05, 3.63) is 0 Å². The van der Waals surface area contributed by atoms with E-state index in [9.17, 15) is 0 Å². The summed E-state index contributed by atoms with van der Waals surface area (Å²) in [5, 5.41) is 13.0. The van der Waals surface area contributed by atoms with Gasteiger partial charge >= 0.3 is 0 Å². The van der Waals surface area contributed by atoms with E-state index < -0.39 is 0 Å². The van der Waals surface area contributed by atoms with Crippen LogP contribution in [0.2, 0.25) is 0 Å². The van der Waals surface area contributed by atoms with Crippen molar-refractivity contribution in [2.24, 2.45) is 59.2 Å². The molecule has 0 aliphatic carbocycles. The average Bonchev–Trinajstić information content (AvgIpc) is 4.50. The van der Waals surface area contributed by atoms with Gasteiger partial charge in [0, 0.05) is 58.1 Å². The summed E-state index contributed by atoms with van der Waals surface area (Å²) in [6, 6.07) is 0. The Kier molecular flexibility index (Phi) is 106. The fourth-order valence-electron chi connectivity index (χ4n) is 7.48. The molecule has 11 nitrogen and oxygen atoms in total. The molecule has 7 atom stereocenters. The molecule has 9 rings (SSSR count). The Balaban J connectivity index is -0.000000113. The largest absolute Gasteiger partial charge is 0.366 e. The third-order valence-electron chi connectivity index (χ3n) is 12.5. The number of nitrogens with one attached hydrogen (secondary N) is 3. The lowest BCUT2D eigenvalue weighted by molar-refractivity contribution is -0.0732. The van der Waals surface area contributed by atoms with Gasteiger partial charge in [-0.05, 0) is 72.8 Å². The topological polar surface area (TPSA) is 110 Å². The lowest BCUT2D eigenvalue weighted by Crippen LogP contribution is -2.27. The van der Waals surface area contributed by atoms with Gasteiger partial charge in [-0.25, -0.2) is 0 Å². The highest BCUT2D eigenvalue weighted by Crippen LogP contribution is 2.37. The van der Waals surface area contributed by atoms with Gasteiger partial charge in [-0.2, -0.15) is 0 Å². The van der Waals surface area contributed by atoms with Crippen LogP contribution in [0.4, 0.5) is 0 Å². The fourth-order valence-corrected chi connectivity index (χ4v) is 15.7. The minimum atomic E-state index is 0.0648. The van der Waals surface area contributed by atoms with Crippen LogP contribution in [-0.2, 0) is 37.9 Å². The minimum Gasteiger partial charge on any atom is -0.366 e. The first kappa shape index (κ1) is 110. The molecule has 0 saturated carbocycles. The van der Waals surface area contributed by atoms with Crippen molar-refractivity contribution in [1.29, 1.82) is 0 Å². The van der Waals surface area contributed by atoms with E-state index in [-0.39, 0.29) is 6.29 Å². The monoisotopic (exact) mass is 1410 g/mol. The maximum atomic E-state index is 5.38. The van der Waals surface area contributed by atoms with E-state index >= 15 is 0 Å². The molecule has 9 aliphatic heterocycles. The van der Waals surface area contributed by atoms with E-state index in [4.69, 9.17) is 37.9 Å². The number of thioether (sulfide) groups is 6. The summed E-state index contributed by atoms with van der Waals surface area (Å²) in [5.74, 6) is 14.0. The summed E-state index contributed by atoms with van der Waals surface area (Å²) in [7, 11) is 0. The van der Waals surface area contributed by atoms with Gasteiger partial charge in [-0.1, -0.05) is 249 Å². The predicted molar refractivity (Wildman–Crippen MR) is 425 cm³/mol. The van der Waals surface area contributed by atoms with Crippen LogP contribution in [0.3, 0.4) is 0 Å². The quantitative estimate of drug-likeness (QED) is 0.204. The molecule has 0 amide bonds. The standard InChI is InChI=1S/C7H15N.C6H13NO.C6H13NS.3C6H12O2.C6H12OS.2C6H12S2.9C2H6/c1-6(2)7-3-4-8-5-7;2*1-5(2)6-7-3-4-8-6;2*1-5(2)6-3-7-4-8-6;2*1-5(2)6-7-3-4-8-6;1-5(2)6-3-7-4-8-6;1-5(2)6-7-3-4-8-6;9*1-2/h6-8H,3-5H2,1-2H3;2*5-7H,3-4H2,1-2H3;6*5-6H,3-4H2,1-2H3;9*1-2H3. The van der Waals surface area contributed by atoms with Gasteiger partial charge in [0.05, 0.1) is 61.8 Å². The maximum absolute atomic E-state index is 5.38. The van der Waals surface area contributed by atoms with Gasteiger partial charge in [0.15, 0.2) is 6.29 Å². The molecule has 3 N–H and O–H groups in total. The number of rotatable bonds is 9. The first-order chi connectivity index (χ1) is 43.2. The summed E-state index contributed by atoms with van der Waals surface area (Å²) in [6.45, 7) is 86.4. The van der Waals surface area contributed by atoms with E-state index in [1.165, 1.54) is 59.9 Å². The molecule has 9 heterocycles. The van der Waals surface area contributed by atoms with Gasteiger partial charge in [0.1, 0.15) is 25.2 Å². The summed E-state index contributed by atoms with van der Waals surface area (Å²) >= 11 is 12.4. The first-order valence-electron chi connectivity index (χ1n) is 36.9. The summed E-state index contributed by atoms with van der Waals surface area (Å²) < 4.78 is 42.3. The predicted octanol–water partition coefficient (Wildman–Crippen LogP) is 22.1.